The molecule has 2 aromatic carbocycles. The van der Waals surface area contributed by atoms with Crippen LogP contribution in [0, 0.1) is 5.41 Å². The Labute approximate surface area is 184 Å². The smallest absolute Gasteiger partial charge is 0.276 e. The molecule has 2 aromatic rings. The third-order valence-corrected chi connectivity index (χ3v) is 6.19. The molecule has 8 nitrogen and oxygen atoms in total. The normalized spacial score (nSPS) is 27.8. The Morgan fingerprint density at radius 2 is 1.78 bits per heavy atom. The summed E-state index contributed by atoms with van der Waals surface area (Å²) in [4.78, 5) is 27.4. The fraction of sp³-hybridized carbons (Fsp3) is 0.417. The van der Waals surface area contributed by atoms with Crippen LogP contribution in [0.15, 0.2) is 48.2 Å². The first-order valence-corrected chi connectivity index (χ1v) is 10.5. The van der Waals surface area contributed by atoms with Crippen LogP contribution in [0.3, 0.4) is 0 Å². The van der Waals surface area contributed by atoms with Gasteiger partial charge in [-0.15, -0.1) is 0 Å². The van der Waals surface area contributed by atoms with Crippen molar-refractivity contribution < 1.29 is 38.4 Å². The molecule has 1 N–H and O–H groups in total. The van der Waals surface area contributed by atoms with Crippen molar-refractivity contribution in [3.05, 3.63) is 48.2 Å². The molecule has 3 atom stereocenters. The topological polar surface area (TPSA) is 101 Å². The van der Waals surface area contributed by atoms with Gasteiger partial charge in [0.15, 0.2) is 11.5 Å². The standard InChI is InChI=1S/C24H24O8/c1-13(2)30-18-10-19(26)24(21(18)27)22(29-12-28-3)15(25)11-23(24)31-16-8-4-6-14-7-5-9-17(32-23)20(14)16/h4-10,13,15,22,25H,11-12H2,1-3H3/t15-,22+,24-/m0/s1. The van der Waals surface area contributed by atoms with Gasteiger partial charge < -0.3 is 28.8 Å². The maximum atomic E-state index is 13.8. The molecule has 0 unspecified atom stereocenters. The number of hydrogen-bond donors (Lipinski definition) is 1. The molecule has 3 aliphatic rings. The summed E-state index contributed by atoms with van der Waals surface area (Å²) >= 11 is 0. The highest BCUT2D eigenvalue weighted by Crippen LogP contribution is 2.59. The lowest BCUT2D eigenvalue weighted by Crippen LogP contribution is -2.64. The zero-order valence-corrected chi connectivity index (χ0v) is 18.0. The van der Waals surface area contributed by atoms with Crippen molar-refractivity contribution in [2.75, 3.05) is 13.9 Å². The molecular weight excluding hydrogens is 416 g/mol. The van der Waals surface area contributed by atoms with Crippen LogP contribution in [-0.2, 0) is 23.8 Å². The van der Waals surface area contributed by atoms with E-state index in [1.807, 2.05) is 24.3 Å². The van der Waals surface area contributed by atoms with E-state index in [0.29, 0.717) is 11.5 Å². The summed E-state index contributed by atoms with van der Waals surface area (Å²) in [6.45, 7) is 3.28. The quantitative estimate of drug-likeness (QED) is 0.559. The van der Waals surface area contributed by atoms with Crippen LogP contribution in [-0.4, -0.2) is 54.7 Å². The van der Waals surface area contributed by atoms with E-state index in [2.05, 4.69) is 0 Å². The van der Waals surface area contributed by atoms with Crippen LogP contribution in [0.5, 0.6) is 11.5 Å². The van der Waals surface area contributed by atoms with E-state index in [9.17, 15) is 14.7 Å². The molecule has 0 amide bonds. The average Bonchev–Trinajstić information content (AvgIpc) is 3.12. The zero-order chi connectivity index (χ0) is 22.7. The summed E-state index contributed by atoms with van der Waals surface area (Å²) in [5.74, 6) is -2.24. The number of hydrogen-bond acceptors (Lipinski definition) is 8. The van der Waals surface area contributed by atoms with Crippen LogP contribution in [0.1, 0.15) is 20.3 Å². The lowest BCUT2D eigenvalue weighted by molar-refractivity contribution is -0.213. The van der Waals surface area contributed by atoms with E-state index in [1.165, 1.54) is 7.11 Å². The number of rotatable bonds is 5. The van der Waals surface area contributed by atoms with Gasteiger partial charge in [0.1, 0.15) is 24.4 Å². The third kappa shape index (κ3) is 2.66. The fourth-order valence-corrected chi connectivity index (χ4v) is 5.07. The monoisotopic (exact) mass is 440 g/mol. The lowest BCUT2D eigenvalue weighted by Gasteiger charge is -2.44. The predicted octanol–water partition coefficient (Wildman–Crippen LogP) is 2.51. The maximum Gasteiger partial charge on any atom is 0.276 e. The van der Waals surface area contributed by atoms with Crippen molar-refractivity contribution >= 4 is 22.3 Å². The SMILES string of the molecule is COCO[C@@H]1[C@@H](O)CC2(Oc3cccc4cccc(c34)O2)[C@]12C(=O)C=C(OC(C)C)C2=O. The number of ether oxygens (including phenoxy) is 5. The molecule has 0 aromatic heterocycles. The van der Waals surface area contributed by atoms with Gasteiger partial charge in [-0.3, -0.25) is 9.59 Å². The number of fused-ring (bicyclic) bond motifs is 1. The predicted molar refractivity (Wildman–Crippen MR) is 112 cm³/mol. The molecule has 0 radical (unpaired) electrons. The van der Waals surface area contributed by atoms with Crippen LogP contribution in [0.25, 0.3) is 10.8 Å². The van der Waals surface area contributed by atoms with Crippen molar-refractivity contribution in [1.29, 1.82) is 0 Å². The van der Waals surface area contributed by atoms with Gasteiger partial charge in [0.2, 0.25) is 11.2 Å². The number of carbonyl (C=O) groups excluding carboxylic acids is 2. The van der Waals surface area contributed by atoms with E-state index in [0.717, 1.165) is 16.8 Å². The second-order valence-corrected chi connectivity index (χ2v) is 8.51. The number of Topliss-reactive ketones (excluding diaryl/α,β-unsaturated/α-hetero) is 1. The number of methoxy groups -OCH3 is 1. The van der Waals surface area contributed by atoms with E-state index >= 15 is 0 Å². The van der Waals surface area contributed by atoms with Gasteiger partial charge in [0, 0.05) is 13.2 Å². The van der Waals surface area contributed by atoms with Crippen molar-refractivity contribution in [3.63, 3.8) is 0 Å². The summed E-state index contributed by atoms with van der Waals surface area (Å²) in [7, 11) is 1.41. The first-order valence-electron chi connectivity index (χ1n) is 10.5. The molecule has 1 aliphatic heterocycles. The Balaban J connectivity index is 1.68. The molecule has 1 fully saturated rings. The average molecular weight is 440 g/mol. The van der Waals surface area contributed by atoms with Crippen LogP contribution >= 0.6 is 0 Å². The third-order valence-electron chi connectivity index (χ3n) is 6.19. The number of ketones is 2. The van der Waals surface area contributed by atoms with Gasteiger partial charge in [-0.05, 0) is 31.4 Å². The van der Waals surface area contributed by atoms with E-state index in [-0.39, 0.29) is 25.1 Å². The molecule has 1 heterocycles. The highest BCUT2D eigenvalue weighted by molar-refractivity contribution is 6.26. The first kappa shape index (κ1) is 20.9. The summed E-state index contributed by atoms with van der Waals surface area (Å²) in [6, 6.07) is 11.0. The fourth-order valence-electron chi connectivity index (χ4n) is 5.07. The summed E-state index contributed by atoms with van der Waals surface area (Å²) in [5, 5.41) is 12.6. The van der Waals surface area contributed by atoms with Crippen molar-refractivity contribution in [3.8, 4) is 11.5 Å². The Kier molecular flexibility index (Phi) is 4.77. The van der Waals surface area contributed by atoms with Crippen LogP contribution in [0.2, 0.25) is 0 Å². The molecule has 168 valence electrons. The lowest BCUT2D eigenvalue weighted by atomic mass is 9.74. The van der Waals surface area contributed by atoms with Gasteiger partial charge in [-0.2, -0.15) is 0 Å². The number of aliphatic hydroxyl groups is 1. The number of aliphatic hydroxyl groups excluding tert-OH is 1. The van der Waals surface area contributed by atoms with Crippen molar-refractivity contribution in [2.45, 2.75) is 44.4 Å². The Morgan fingerprint density at radius 1 is 1.12 bits per heavy atom. The number of allylic oxidation sites excluding steroid dienone is 2. The van der Waals surface area contributed by atoms with Crippen LogP contribution < -0.4 is 9.47 Å². The van der Waals surface area contributed by atoms with E-state index in [1.54, 1.807) is 26.0 Å². The largest absolute Gasteiger partial charge is 0.487 e. The van der Waals surface area contributed by atoms with E-state index < -0.39 is 35.0 Å². The maximum absolute atomic E-state index is 13.8. The van der Waals surface area contributed by atoms with Gasteiger partial charge in [-0.1, -0.05) is 24.3 Å². The minimum Gasteiger partial charge on any atom is -0.487 e. The molecule has 2 aliphatic carbocycles. The Bertz CT molecular complexity index is 1100. The van der Waals surface area contributed by atoms with Crippen molar-refractivity contribution in [2.24, 2.45) is 5.41 Å². The second-order valence-electron chi connectivity index (χ2n) is 8.51. The highest BCUT2D eigenvalue weighted by atomic mass is 16.7. The summed E-state index contributed by atoms with van der Waals surface area (Å²) < 4.78 is 29.0. The number of carbonyl (C=O) groups is 2. The second kappa shape index (κ2) is 7.30. The van der Waals surface area contributed by atoms with Crippen LogP contribution in [0.4, 0.5) is 0 Å². The van der Waals surface area contributed by atoms with Gasteiger partial charge in [0.25, 0.3) is 5.79 Å². The molecule has 1 saturated carbocycles. The van der Waals surface area contributed by atoms with Gasteiger partial charge in [-0.25, -0.2) is 0 Å². The molecule has 2 spiro atoms. The van der Waals surface area contributed by atoms with Crippen molar-refractivity contribution in [1.82, 2.24) is 0 Å². The Morgan fingerprint density at radius 3 is 2.38 bits per heavy atom. The molecule has 5 rings (SSSR count). The minimum atomic E-state index is -2.00. The Hall–Kier alpha value is -2.94. The highest BCUT2D eigenvalue weighted by Gasteiger charge is 2.79. The molecule has 0 bridgehead atoms. The molecule has 0 saturated heterocycles. The number of benzene rings is 2. The molecular formula is C24H24O8. The first-order chi connectivity index (χ1) is 15.3. The van der Waals surface area contributed by atoms with E-state index in [4.69, 9.17) is 23.7 Å². The summed E-state index contributed by atoms with van der Waals surface area (Å²) in [6.07, 6.45) is -1.83. The zero-order valence-electron chi connectivity index (χ0n) is 18.0. The minimum absolute atomic E-state index is 0.103. The molecule has 8 heteroatoms. The van der Waals surface area contributed by atoms with Gasteiger partial charge >= 0.3 is 0 Å². The van der Waals surface area contributed by atoms with Gasteiger partial charge in [0.05, 0.1) is 24.0 Å². The molecule has 32 heavy (non-hydrogen) atoms. The summed E-state index contributed by atoms with van der Waals surface area (Å²) in [5.41, 5.74) is -2.00.